The molecule has 6 nitrogen and oxygen atoms in total. The average molecular weight is 294 g/mol. The molecule has 7 heteroatoms. The fourth-order valence-corrected chi connectivity index (χ4v) is 2.31. The zero-order valence-corrected chi connectivity index (χ0v) is 12.9. The fraction of sp³-hybridized carbons (Fsp3) is 0.917. The molecule has 0 fully saturated rings. The maximum absolute atomic E-state index is 11.9. The van der Waals surface area contributed by atoms with Crippen LogP contribution in [0.3, 0.4) is 0 Å². The molecule has 0 heterocycles. The van der Waals surface area contributed by atoms with Crippen LogP contribution in [-0.4, -0.2) is 90.7 Å². The normalized spacial score (nSPS) is 12.7. The molecule has 1 unspecified atom stereocenters. The second-order valence-electron chi connectivity index (χ2n) is 4.43. The Labute approximate surface area is 119 Å². The predicted octanol–water partition coefficient (Wildman–Crippen LogP) is -0.543. The Hall–Kier alpha value is -0.340. The van der Waals surface area contributed by atoms with Crippen LogP contribution in [0.25, 0.3) is 0 Å². The van der Waals surface area contributed by atoms with Crippen molar-refractivity contribution in [2.45, 2.75) is 13.2 Å². The van der Waals surface area contributed by atoms with E-state index in [1.165, 1.54) is 6.92 Å². The number of hydrogen-bond donors (Lipinski definition) is 2. The van der Waals surface area contributed by atoms with Crippen LogP contribution in [0.4, 0.5) is 0 Å². The zero-order valence-electron chi connectivity index (χ0n) is 12.0. The van der Waals surface area contributed by atoms with Crippen molar-refractivity contribution in [3.63, 3.8) is 0 Å². The van der Waals surface area contributed by atoms with Crippen LogP contribution < -0.4 is 0 Å². The van der Waals surface area contributed by atoms with Gasteiger partial charge in [0.25, 0.3) is 0 Å². The number of nitrogens with zero attached hydrogens (tertiary/aromatic N) is 2. The van der Waals surface area contributed by atoms with Gasteiger partial charge in [-0.1, -0.05) is 0 Å². The number of carbonyl (C=O) groups excluding carboxylic acids is 1. The van der Waals surface area contributed by atoms with E-state index in [0.29, 0.717) is 18.8 Å². The average Bonchev–Trinajstić information content (AvgIpc) is 2.32. The van der Waals surface area contributed by atoms with Gasteiger partial charge in [-0.3, -0.25) is 4.79 Å². The lowest BCUT2D eigenvalue weighted by Crippen LogP contribution is -2.38. The largest absolute Gasteiger partial charge is 0.395 e. The molecule has 0 aromatic heterocycles. The number of rotatable bonds is 11. The van der Waals surface area contributed by atoms with E-state index in [1.54, 1.807) is 16.7 Å². The second kappa shape index (κ2) is 11.5. The number of aliphatic hydroxyl groups is 2. The smallest absolute Gasteiger partial charge is 0.232 e. The molecule has 0 aromatic rings. The van der Waals surface area contributed by atoms with Crippen molar-refractivity contribution >= 4 is 17.7 Å². The third kappa shape index (κ3) is 11.2. The summed E-state index contributed by atoms with van der Waals surface area (Å²) >= 11 is 1.58. The first kappa shape index (κ1) is 18.7. The molecule has 0 spiro atoms. The molecule has 0 saturated heterocycles. The molecule has 19 heavy (non-hydrogen) atoms. The first-order valence-corrected chi connectivity index (χ1v) is 7.53. The lowest BCUT2D eigenvalue weighted by atomic mass is 10.4. The van der Waals surface area contributed by atoms with Crippen LogP contribution in [0, 0.1) is 0 Å². The number of amides is 1. The minimum Gasteiger partial charge on any atom is -0.395 e. The summed E-state index contributed by atoms with van der Waals surface area (Å²) in [5.74, 6) is 1.30. The van der Waals surface area contributed by atoms with E-state index in [2.05, 4.69) is 4.90 Å². The highest BCUT2D eigenvalue weighted by Crippen LogP contribution is 2.03. The van der Waals surface area contributed by atoms with Crippen molar-refractivity contribution < 1.29 is 19.7 Å². The van der Waals surface area contributed by atoms with E-state index in [1.807, 2.05) is 14.1 Å². The third-order valence-electron chi connectivity index (χ3n) is 2.35. The van der Waals surface area contributed by atoms with Crippen molar-refractivity contribution in [1.82, 2.24) is 9.80 Å². The molecule has 0 saturated carbocycles. The summed E-state index contributed by atoms with van der Waals surface area (Å²) in [6.45, 7) is 3.35. The SMILES string of the molecule is CC(O)OCCN(CCO)C(=O)CSCCN(C)C. The molecule has 0 rings (SSSR count). The summed E-state index contributed by atoms with van der Waals surface area (Å²) in [6, 6.07) is 0. The quantitative estimate of drug-likeness (QED) is 0.394. The highest BCUT2D eigenvalue weighted by atomic mass is 32.2. The number of carbonyl (C=O) groups is 1. The van der Waals surface area contributed by atoms with E-state index in [-0.39, 0.29) is 19.1 Å². The second-order valence-corrected chi connectivity index (χ2v) is 5.54. The number of hydrogen-bond acceptors (Lipinski definition) is 6. The van der Waals surface area contributed by atoms with Gasteiger partial charge in [0.2, 0.25) is 5.91 Å². The molecular formula is C12H26N2O4S. The van der Waals surface area contributed by atoms with Gasteiger partial charge < -0.3 is 24.7 Å². The van der Waals surface area contributed by atoms with Gasteiger partial charge in [0.1, 0.15) is 0 Å². The van der Waals surface area contributed by atoms with E-state index in [9.17, 15) is 4.79 Å². The van der Waals surface area contributed by atoms with Gasteiger partial charge in [-0.05, 0) is 21.0 Å². The number of thioether (sulfide) groups is 1. The molecule has 1 atom stereocenters. The van der Waals surface area contributed by atoms with Gasteiger partial charge >= 0.3 is 0 Å². The van der Waals surface area contributed by atoms with Crippen molar-refractivity contribution in [3.05, 3.63) is 0 Å². The molecule has 114 valence electrons. The Morgan fingerprint density at radius 2 is 2.00 bits per heavy atom. The summed E-state index contributed by atoms with van der Waals surface area (Å²) in [4.78, 5) is 15.5. The Morgan fingerprint density at radius 1 is 1.32 bits per heavy atom. The van der Waals surface area contributed by atoms with Crippen LogP contribution in [0.1, 0.15) is 6.92 Å². The van der Waals surface area contributed by atoms with Crippen LogP contribution in [0.15, 0.2) is 0 Å². The van der Waals surface area contributed by atoms with Crippen LogP contribution in [0.5, 0.6) is 0 Å². The standard InChI is InChI=1S/C12H26N2O4S/c1-11(16)18-8-5-14(4-7-15)12(17)10-19-9-6-13(2)3/h11,15-16H,4-10H2,1-3H3. The van der Waals surface area contributed by atoms with Gasteiger partial charge in [0.05, 0.1) is 19.0 Å². The number of aliphatic hydroxyl groups excluding tert-OH is 2. The minimum atomic E-state index is -0.833. The van der Waals surface area contributed by atoms with Crippen LogP contribution in [-0.2, 0) is 9.53 Å². The molecule has 0 aromatic carbocycles. The Bertz CT molecular complexity index is 240. The summed E-state index contributed by atoms with van der Waals surface area (Å²) in [7, 11) is 3.99. The summed E-state index contributed by atoms with van der Waals surface area (Å²) in [5, 5.41) is 17.9. The highest BCUT2D eigenvalue weighted by Gasteiger charge is 2.13. The minimum absolute atomic E-state index is 0.00741. The summed E-state index contributed by atoms with van der Waals surface area (Å²) in [5.41, 5.74) is 0. The summed E-state index contributed by atoms with van der Waals surface area (Å²) < 4.78 is 4.99. The van der Waals surface area contributed by atoms with E-state index in [4.69, 9.17) is 14.9 Å². The first-order chi connectivity index (χ1) is 8.97. The molecule has 1 amide bonds. The van der Waals surface area contributed by atoms with Crippen molar-refractivity contribution in [2.75, 3.05) is 58.4 Å². The lowest BCUT2D eigenvalue weighted by molar-refractivity contribution is -0.132. The lowest BCUT2D eigenvalue weighted by Gasteiger charge is -2.22. The first-order valence-electron chi connectivity index (χ1n) is 6.38. The van der Waals surface area contributed by atoms with Crippen molar-refractivity contribution in [1.29, 1.82) is 0 Å². The zero-order chi connectivity index (χ0) is 14.7. The monoisotopic (exact) mass is 294 g/mol. The fourth-order valence-electron chi connectivity index (χ4n) is 1.31. The van der Waals surface area contributed by atoms with Gasteiger partial charge in [-0.25, -0.2) is 0 Å². The molecule has 0 bridgehead atoms. The van der Waals surface area contributed by atoms with Crippen LogP contribution in [0.2, 0.25) is 0 Å². The molecular weight excluding hydrogens is 268 g/mol. The van der Waals surface area contributed by atoms with Crippen molar-refractivity contribution in [3.8, 4) is 0 Å². The van der Waals surface area contributed by atoms with E-state index < -0.39 is 6.29 Å². The van der Waals surface area contributed by atoms with E-state index in [0.717, 1.165) is 12.3 Å². The number of ether oxygens (including phenoxy) is 1. The Kier molecular flexibility index (Phi) is 11.3. The molecule has 2 N–H and O–H groups in total. The van der Waals surface area contributed by atoms with Gasteiger partial charge in [0.15, 0.2) is 6.29 Å². The Morgan fingerprint density at radius 3 is 2.53 bits per heavy atom. The van der Waals surface area contributed by atoms with Gasteiger partial charge in [0, 0.05) is 25.4 Å². The molecule has 0 radical (unpaired) electrons. The Balaban J connectivity index is 3.89. The maximum Gasteiger partial charge on any atom is 0.232 e. The molecule has 0 aliphatic carbocycles. The summed E-state index contributed by atoms with van der Waals surface area (Å²) in [6.07, 6.45) is -0.833. The van der Waals surface area contributed by atoms with Gasteiger partial charge in [-0.2, -0.15) is 11.8 Å². The molecule has 0 aliphatic rings. The topological polar surface area (TPSA) is 73.2 Å². The van der Waals surface area contributed by atoms with Crippen LogP contribution >= 0.6 is 11.8 Å². The molecule has 0 aliphatic heterocycles. The third-order valence-corrected chi connectivity index (χ3v) is 3.27. The highest BCUT2D eigenvalue weighted by molar-refractivity contribution is 7.99. The van der Waals surface area contributed by atoms with Gasteiger partial charge in [-0.15, -0.1) is 0 Å². The van der Waals surface area contributed by atoms with E-state index >= 15 is 0 Å². The maximum atomic E-state index is 11.9. The predicted molar refractivity (Wildman–Crippen MR) is 77.2 cm³/mol. The van der Waals surface area contributed by atoms with Crippen molar-refractivity contribution in [2.24, 2.45) is 0 Å².